The first kappa shape index (κ1) is 18.6. The van der Waals surface area contributed by atoms with Crippen LogP contribution >= 0.6 is 0 Å². The second-order valence-corrected chi connectivity index (χ2v) is 13.9. The molecule has 0 fully saturated rings. The van der Waals surface area contributed by atoms with Crippen LogP contribution in [0.25, 0.3) is 5.57 Å². The van der Waals surface area contributed by atoms with Crippen molar-refractivity contribution >= 4 is 19.7 Å². The molecule has 1 aromatic rings. The first-order valence-electron chi connectivity index (χ1n) is 9.70. The van der Waals surface area contributed by atoms with Gasteiger partial charge in [-0.3, -0.25) is 4.79 Å². The number of fused-ring (bicyclic) bond motifs is 3. The highest BCUT2D eigenvalue weighted by Gasteiger charge is 2.49. The second kappa shape index (κ2) is 6.51. The Bertz CT molecular complexity index is 709. The highest BCUT2D eigenvalue weighted by atomic mass is 28.4. The van der Waals surface area contributed by atoms with Crippen molar-refractivity contribution in [2.75, 3.05) is 0 Å². The maximum Gasteiger partial charge on any atom is 0.192 e. The normalized spacial score (nSPS) is 23.2. The van der Waals surface area contributed by atoms with Crippen molar-refractivity contribution in [1.29, 1.82) is 0 Å². The molecule has 1 aromatic carbocycles. The van der Waals surface area contributed by atoms with E-state index in [0.717, 1.165) is 24.8 Å². The molecule has 0 bridgehead atoms. The van der Waals surface area contributed by atoms with Crippen molar-refractivity contribution < 1.29 is 9.22 Å². The monoisotopic (exact) mass is 356 g/mol. The molecule has 2 nitrogen and oxygen atoms in total. The first-order valence-corrected chi connectivity index (χ1v) is 12.6. The van der Waals surface area contributed by atoms with Crippen molar-refractivity contribution in [2.24, 2.45) is 5.92 Å². The van der Waals surface area contributed by atoms with Crippen LogP contribution in [0.5, 0.6) is 0 Å². The largest absolute Gasteiger partial charge is 0.409 e. The lowest BCUT2D eigenvalue weighted by molar-refractivity contribution is -0.116. The Hall–Kier alpha value is -1.19. The minimum Gasteiger partial charge on any atom is -0.409 e. The van der Waals surface area contributed by atoms with Gasteiger partial charge in [-0.25, -0.2) is 0 Å². The summed E-state index contributed by atoms with van der Waals surface area (Å²) in [4.78, 5) is 12.7. The summed E-state index contributed by atoms with van der Waals surface area (Å²) in [5, 5.41) is 0.169. The van der Waals surface area contributed by atoms with E-state index in [0.29, 0.717) is 12.2 Å². The van der Waals surface area contributed by atoms with Crippen LogP contribution in [0.3, 0.4) is 0 Å². The van der Waals surface area contributed by atoms with Gasteiger partial charge in [0, 0.05) is 12.3 Å². The van der Waals surface area contributed by atoms with E-state index in [1.807, 2.05) is 0 Å². The highest BCUT2D eigenvalue weighted by molar-refractivity contribution is 6.74. The molecule has 0 aromatic heterocycles. The minimum atomic E-state index is -1.90. The van der Waals surface area contributed by atoms with Gasteiger partial charge in [-0.05, 0) is 53.2 Å². The van der Waals surface area contributed by atoms with Gasteiger partial charge >= 0.3 is 0 Å². The van der Waals surface area contributed by atoms with Crippen LogP contribution in [0, 0.1) is 5.92 Å². The number of carbonyl (C=O) groups excluding carboxylic acids is 1. The smallest absolute Gasteiger partial charge is 0.192 e. The lowest BCUT2D eigenvalue weighted by atomic mass is 9.98. The van der Waals surface area contributed by atoms with Crippen molar-refractivity contribution in [3.8, 4) is 0 Å². The average Bonchev–Trinajstić information content (AvgIpc) is 2.99. The number of Topliss-reactive ketones (excluding diaryl/α,β-unsaturated/α-hetero) is 1. The van der Waals surface area contributed by atoms with E-state index < -0.39 is 8.32 Å². The van der Waals surface area contributed by atoms with Gasteiger partial charge < -0.3 is 4.43 Å². The second-order valence-electron chi connectivity index (χ2n) is 9.12. The van der Waals surface area contributed by atoms with Crippen molar-refractivity contribution in [2.45, 2.75) is 77.6 Å². The van der Waals surface area contributed by atoms with E-state index in [1.165, 1.54) is 16.7 Å². The molecule has 0 N–H and O–H groups in total. The number of allylic oxidation sites excluding steroid dienone is 1. The molecule has 3 heteroatoms. The van der Waals surface area contributed by atoms with E-state index in [4.69, 9.17) is 4.43 Å². The van der Waals surface area contributed by atoms with E-state index in [1.54, 1.807) is 0 Å². The molecule has 136 valence electrons. The molecule has 0 radical (unpaired) electrons. The molecular weight excluding hydrogens is 324 g/mol. The van der Waals surface area contributed by atoms with Gasteiger partial charge in [0.1, 0.15) is 0 Å². The summed E-state index contributed by atoms with van der Waals surface area (Å²) in [6, 6.07) is 8.60. The van der Waals surface area contributed by atoms with Gasteiger partial charge in [0.25, 0.3) is 0 Å². The fourth-order valence-corrected chi connectivity index (χ4v) is 5.17. The molecule has 0 saturated carbocycles. The Balaban J connectivity index is 2.03. The Kier molecular flexibility index (Phi) is 4.84. The van der Waals surface area contributed by atoms with Crippen molar-refractivity contribution in [3.05, 3.63) is 41.0 Å². The number of unbranched alkanes of at least 4 members (excludes halogenated alkanes) is 1. The quantitative estimate of drug-likeness (QED) is 0.579. The summed E-state index contributed by atoms with van der Waals surface area (Å²) in [6.45, 7) is 13.7. The number of carbonyl (C=O) groups is 1. The van der Waals surface area contributed by atoms with Gasteiger partial charge in [0.15, 0.2) is 14.1 Å². The fraction of sp³-hybridized carbons (Fsp3) is 0.591. The fourth-order valence-electron chi connectivity index (χ4n) is 3.89. The number of rotatable bonds is 5. The SMILES string of the molecule is CCCCC1=C2c3ccccc3[C@H](O[Si](C)(C)C(C)(C)C)[C@H]2CC1=O. The Morgan fingerprint density at radius 1 is 1.20 bits per heavy atom. The number of hydrogen-bond acceptors (Lipinski definition) is 2. The predicted molar refractivity (Wildman–Crippen MR) is 107 cm³/mol. The van der Waals surface area contributed by atoms with Crippen LogP contribution in [0.15, 0.2) is 29.8 Å². The maximum absolute atomic E-state index is 12.7. The summed E-state index contributed by atoms with van der Waals surface area (Å²) in [6.07, 6.45) is 3.81. The summed E-state index contributed by atoms with van der Waals surface area (Å²) < 4.78 is 6.86. The predicted octanol–water partition coefficient (Wildman–Crippen LogP) is 6.30. The molecule has 0 heterocycles. The standard InChI is InChI=1S/C22H32O2Si/c1-7-8-11-17-19(23)14-18-20(17)15-12-9-10-13-16(15)21(18)24-25(5,6)22(2,3)4/h9-10,12-13,18,21H,7-8,11,14H2,1-6H3/t18-,21-/m0/s1. The van der Waals surface area contributed by atoms with Gasteiger partial charge in [0.05, 0.1) is 6.10 Å². The summed E-state index contributed by atoms with van der Waals surface area (Å²) in [5.41, 5.74) is 4.96. The van der Waals surface area contributed by atoms with Crippen LogP contribution < -0.4 is 0 Å². The van der Waals surface area contributed by atoms with Crippen LogP contribution in [0.1, 0.15) is 70.6 Å². The van der Waals surface area contributed by atoms with E-state index in [-0.39, 0.29) is 17.1 Å². The molecule has 25 heavy (non-hydrogen) atoms. The summed E-state index contributed by atoms with van der Waals surface area (Å²) in [5.74, 6) is 0.581. The Labute approximate surface area is 153 Å². The number of benzene rings is 1. The van der Waals surface area contributed by atoms with Crippen LogP contribution in [0.2, 0.25) is 18.1 Å². The molecule has 2 aliphatic carbocycles. The third-order valence-corrected chi connectivity index (χ3v) is 10.8. The Morgan fingerprint density at radius 2 is 1.88 bits per heavy atom. The lowest BCUT2D eigenvalue weighted by Gasteiger charge is -2.39. The summed E-state index contributed by atoms with van der Waals surface area (Å²) in [7, 11) is -1.90. The van der Waals surface area contributed by atoms with Gasteiger partial charge in [0.2, 0.25) is 0 Å². The van der Waals surface area contributed by atoms with Crippen LogP contribution in [-0.2, 0) is 9.22 Å². The molecule has 0 spiro atoms. The average molecular weight is 357 g/mol. The highest BCUT2D eigenvalue weighted by Crippen LogP contribution is 2.56. The summed E-state index contributed by atoms with van der Waals surface area (Å²) >= 11 is 0. The lowest BCUT2D eigenvalue weighted by Crippen LogP contribution is -2.42. The third-order valence-electron chi connectivity index (χ3n) is 6.37. The molecule has 2 aliphatic rings. The van der Waals surface area contributed by atoms with Gasteiger partial charge in [-0.2, -0.15) is 0 Å². The molecule has 3 rings (SSSR count). The maximum atomic E-state index is 12.7. The zero-order valence-electron chi connectivity index (χ0n) is 16.6. The molecule has 0 amide bonds. The van der Waals surface area contributed by atoms with Crippen LogP contribution in [-0.4, -0.2) is 14.1 Å². The van der Waals surface area contributed by atoms with Crippen molar-refractivity contribution in [1.82, 2.24) is 0 Å². The topological polar surface area (TPSA) is 26.3 Å². The van der Waals surface area contributed by atoms with E-state index in [9.17, 15) is 4.79 Å². The Morgan fingerprint density at radius 3 is 2.52 bits per heavy atom. The number of hydrogen-bond donors (Lipinski definition) is 0. The van der Waals surface area contributed by atoms with Crippen LogP contribution in [0.4, 0.5) is 0 Å². The third kappa shape index (κ3) is 3.17. The molecular formula is C22H32O2Si. The zero-order valence-corrected chi connectivity index (χ0v) is 17.6. The number of ketones is 1. The zero-order chi connectivity index (χ0) is 18.4. The van der Waals surface area contributed by atoms with Gasteiger partial charge in [-0.15, -0.1) is 0 Å². The van der Waals surface area contributed by atoms with E-state index in [2.05, 4.69) is 65.1 Å². The molecule has 0 saturated heterocycles. The minimum absolute atomic E-state index is 0.0511. The van der Waals surface area contributed by atoms with Gasteiger partial charge in [-0.1, -0.05) is 58.4 Å². The molecule has 0 unspecified atom stereocenters. The van der Waals surface area contributed by atoms with E-state index >= 15 is 0 Å². The van der Waals surface area contributed by atoms with Crippen molar-refractivity contribution in [3.63, 3.8) is 0 Å². The first-order chi connectivity index (χ1) is 11.7. The molecule has 2 atom stereocenters. The molecule has 0 aliphatic heterocycles.